The minimum absolute atomic E-state index is 0.0382. The van der Waals surface area contributed by atoms with Crippen LogP contribution in [0.2, 0.25) is 10.0 Å². The van der Waals surface area contributed by atoms with Crippen LogP contribution in [0, 0.1) is 0 Å². The summed E-state index contributed by atoms with van der Waals surface area (Å²) in [6.07, 6.45) is 0. The normalized spacial score (nSPS) is 10.7. The number of carbonyl (C=O) groups is 1. The summed E-state index contributed by atoms with van der Waals surface area (Å²) < 4.78 is 10.9. The number of aromatic nitrogens is 2. The van der Waals surface area contributed by atoms with Gasteiger partial charge in [-0.2, -0.15) is 4.98 Å². The van der Waals surface area contributed by atoms with E-state index in [1.807, 2.05) is 67.5 Å². The van der Waals surface area contributed by atoms with E-state index in [1.165, 1.54) is 12.1 Å². The van der Waals surface area contributed by atoms with Gasteiger partial charge in [0.1, 0.15) is 11.5 Å². The van der Waals surface area contributed by atoms with E-state index in [0.29, 0.717) is 11.3 Å². The first-order valence-electron chi connectivity index (χ1n) is 10.1. The summed E-state index contributed by atoms with van der Waals surface area (Å²) in [7, 11) is 3.96. The minimum Gasteiger partial charge on any atom is -0.505 e. The summed E-state index contributed by atoms with van der Waals surface area (Å²) in [5.41, 5.74) is 2.35. The number of phenolic OH excluding ortho intramolecular Hbond substituents is 1. The number of aromatic hydroxyl groups is 1. The van der Waals surface area contributed by atoms with Gasteiger partial charge < -0.3 is 24.6 Å². The van der Waals surface area contributed by atoms with E-state index in [9.17, 15) is 9.90 Å². The average Bonchev–Trinajstić information content (AvgIpc) is 3.32. The van der Waals surface area contributed by atoms with Crippen molar-refractivity contribution >= 4 is 34.8 Å². The molecule has 174 valence electrons. The zero-order chi connectivity index (χ0) is 24.2. The molecule has 0 saturated carbocycles. The molecular formula is C24H20Cl2N4O4. The molecule has 0 spiro atoms. The van der Waals surface area contributed by atoms with Crippen LogP contribution in [-0.4, -0.2) is 35.2 Å². The van der Waals surface area contributed by atoms with Gasteiger partial charge in [-0.1, -0.05) is 40.5 Å². The highest BCUT2D eigenvalue weighted by molar-refractivity contribution is 6.37. The first-order chi connectivity index (χ1) is 16.3. The Balaban J connectivity index is 1.34. The Morgan fingerprint density at radius 2 is 1.62 bits per heavy atom. The number of benzene rings is 3. The van der Waals surface area contributed by atoms with Crippen molar-refractivity contribution in [3.63, 3.8) is 0 Å². The van der Waals surface area contributed by atoms with Crippen molar-refractivity contribution in [2.75, 3.05) is 19.0 Å². The van der Waals surface area contributed by atoms with Crippen LogP contribution in [0.3, 0.4) is 0 Å². The second-order valence-electron chi connectivity index (χ2n) is 7.53. The van der Waals surface area contributed by atoms with Crippen LogP contribution in [0.1, 0.15) is 16.2 Å². The third kappa shape index (κ3) is 5.41. The molecule has 1 amide bonds. The molecule has 1 heterocycles. The SMILES string of the molecule is CN(C)c1ccc(Oc2ccc(CNC(=O)c3nc(-c4cc(Cl)c(O)c(Cl)c4)no3)cc2)cc1. The first kappa shape index (κ1) is 23.4. The summed E-state index contributed by atoms with van der Waals surface area (Å²) >= 11 is 11.8. The molecule has 0 aliphatic carbocycles. The lowest BCUT2D eigenvalue weighted by Gasteiger charge is -2.13. The van der Waals surface area contributed by atoms with Crippen molar-refractivity contribution in [3.8, 4) is 28.6 Å². The van der Waals surface area contributed by atoms with Gasteiger partial charge in [0, 0.05) is 31.9 Å². The van der Waals surface area contributed by atoms with Gasteiger partial charge in [0.05, 0.1) is 10.0 Å². The van der Waals surface area contributed by atoms with E-state index in [0.717, 1.165) is 17.0 Å². The average molecular weight is 499 g/mol. The molecule has 0 aliphatic rings. The molecule has 0 radical (unpaired) electrons. The summed E-state index contributed by atoms with van der Waals surface area (Å²) in [5.74, 6) is 0.546. The predicted molar refractivity (Wildman–Crippen MR) is 130 cm³/mol. The van der Waals surface area contributed by atoms with Gasteiger partial charge in [-0.15, -0.1) is 0 Å². The number of nitrogens with one attached hydrogen (secondary N) is 1. The van der Waals surface area contributed by atoms with Crippen LogP contribution >= 0.6 is 23.2 Å². The number of amides is 1. The largest absolute Gasteiger partial charge is 0.505 e. The Morgan fingerprint density at radius 3 is 2.21 bits per heavy atom. The number of hydrogen-bond acceptors (Lipinski definition) is 7. The van der Waals surface area contributed by atoms with Crippen LogP contribution in [0.15, 0.2) is 65.2 Å². The number of phenols is 1. The molecule has 34 heavy (non-hydrogen) atoms. The molecule has 1 aromatic heterocycles. The Labute approximate surface area is 205 Å². The highest BCUT2D eigenvalue weighted by Gasteiger charge is 2.18. The van der Waals surface area contributed by atoms with Gasteiger partial charge in [-0.3, -0.25) is 4.79 Å². The van der Waals surface area contributed by atoms with Crippen LogP contribution in [0.4, 0.5) is 5.69 Å². The molecule has 2 N–H and O–H groups in total. The van der Waals surface area contributed by atoms with E-state index in [1.54, 1.807) is 0 Å². The number of anilines is 1. The number of rotatable bonds is 7. The Morgan fingerprint density at radius 1 is 1.03 bits per heavy atom. The van der Waals surface area contributed by atoms with E-state index < -0.39 is 5.91 Å². The monoisotopic (exact) mass is 498 g/mol. The standard InChI is InChI=1S/C24H20Cl2N4O4/c1-30(2)16-5-9-18(10-6-16)33-17-7-3-14(4-8-17)13-27-23(32)24-28-22(29-34-24)15-11-19(25)21(31)20(26)12-15/h3-12,31H,13H2,1-2H3,(H,27,32). The smallest absolute Gasteiger partial charge is 0.316 e. The number of ether oxygens (including phenoxy) is 1. The van der Waals surface area contributed by atoms with Gasteiger partial charge in [-0.25, -0.2) is 0 Å². The van der Waals surface area contributed by atoms with Crippen molar-refractivity contribution < 1.29 is 19.2 Å². The second kappa shape index (κ2) is 10.0. The second-order valence-corrected chi connectivity index (χ2v) is 8.34. The molecule has 0 aliphatic heterocycles. The summed E-state index contributed by atoms with van der Waals surface area (Å²) in [6, 6.07) is 18.0. The molecule has 0 atom stereocenters. The number of carbonyl (C=O) groups excluding carboxylic acids is 1. The van der Waals surface area contributed by atoms with Crippen LogP contribution < -0.4 is 15.0 Å². The maximum atomic E-state index is 12.4. The lowest BCUT2D eigenvalue weighted by molar-refractivity contribution is 0.0907. The third-order valence-corrected chi connectivity index (χ3v) is 5.44. The van der Waals surface area contributed by atoms with Crippen molar-refractivity contribution in [2.24, 2.45) is 0 Å². The minimum atomic E-state index is -0.531. The maximum Gasteiger partial charge on any atom is 0.316 e. The van der Waals surface area contributed by atoms with Crippen molar-refractivity contribution in [1.29, 1.82) is 0 Å². The van der Waals surface area contributed by atoms with Gasteiger partial charge in [0.25, 0.3) is 0 Å². The highest BCUT2D eigenvalue weighted by atomic mass is 35.5. The van der Waals surface area contributed by atoms with E-state index in [-0.39, 0.29) is 34.1 Å². The van der Waals surface area contributed by atoms with E-state index >= 15 is 0 Å². The quantitative estimate of drug-likeness (QED) is 0.345. The van der Waals surface area contributed by atoms with Crippen molar-refractivity contribution in [3.05, 3.63) is 82.2 Å². The van der Waals surface area contributed by atoms with E-state index in [4.69, 9.17) is 32.5 Å². The Kier molecular flexibility index (Phi) is 6.90. The molecule has 0 fully saturated rings. The molecule has 8 nitrogen and oxygen atoms in total. The van der Waals surface area contributed by atoms with Crippen LogP contribution in [-0.2, 0) is 6.54 Å². The van der Waals surface area contributed by atoms with Gasteiger partial charge in [0.15, 0.2) is 5.75 Å². The fourth-order valence-corrected chi connectivity index (χ4v) is 3.50. The zero-order valence-electron chi connectivity index (χ0n) is 18.3. The third-order valence-electron chi connectivity index (χ3n) is 4.86. The number of halogens is 2. The fourth-order valence-electron chi connectivity index (χ4n) is 3.01. The molecule has 4 aromatic rings. The number of nitrogens with zero attached hydrogens (tertiary/aromatic N) is 3. The topological polar surface area (TPSA) is 101 Å². The van der Waals surface area contributed by atoms with Crippen molar-refractivity contribution in [2.45, 2.75) is 6.54 Å². The van der Waals surface area contributed by atoms with Gasteiger partial charge in [-0.05, 0) is 54.1 Å². The number of hydrogen-bond donors (Lipinski definition) is 2. The fraction of sp³-hybridized carbons (Fsp3) is 0.125. The lowest BCUT2D eigenvalue weighted by Crippen LogP contribution is -2.23. The molecular weight excluding hydrogens is 479 g/mol. The van der Waals surface area contributed by atoms with Crippen LogP contribution in [0.25, 0.3) is 11.4 Å². The summed E-state index contributed by atoms with van der Waals surface area (Å²) in [4.78, 5) is 18.5. The first-order valence-corrected chi connectivity index (χ1v) is 10.9. The lowest BCUT2D eigenvalue weighted by atomic mass is 10.2. The maximum absolute atomic E-state index is 12.4. The Hall–Kier alpha value is -3.75. The molecule has 0 saturated heterocycles. The molecule has 0 bridgehead atoms. The van der Waals surface area contributed by atoms with Gasteiger partial charge >= 0.3 is 11.8 Å². The molecule has 3 aromatic carbocycles. The molecule has 4 rings (SSSR count). The zero-order valence-corrected chi connectivity index (χ0v) is 19.8. The highest BCUT2D eigenvalue weighted by Crippen LogP contribution is 2.35. The molecule has 10 heteroatoms. The molecule has 0 unspecified atom stereocenters. The van der Waals surface area contributed by atoms with Gasteiger partial charge in [0.2, 0.25) is 5.82 Å². The summed E-state index contributed by atoms with van der Waals surface area (Å²) in [6.45, 7) is 0.255. The Bertz CT molecular complexity index is 1280. The van der Waals surface area contributed by atoms with Crippen molar-refractivity contribution in [1.82, 2.24) is 15.5 Å². The predicted octanol–water partition coefficient (Wildman–Crippen LogP) is 5.54. The van der Waals surface area contributed by atoms with Crippen LogP contribution in [0.5, 0.6) is 17.2 Å². The summed E-state index contributed by atoms with van der Waals surface area (Å²) in [5, 5.41) is 16.2. The van der Waals surface area contributed by atoms with E-state index in [2.05, 4.69) is 15.5 Å².